The molecule has 0 aromatic heterocycles. The molecule has 0 bridgehead atoms. The van der Waals surface area contributed by atoms with Gasteiger partial charge in [0.15, 0.2) is 6.10 Å². The Morgan fingerprint density at radius 1 is 1.21 bits per heavy atom. The first-order valence-electron chi connectivity index (χ1n) is 7.05. The zero-order valence-corrected chi connectivity index (χ0v) is 13.4. The topological polar surface area (TPSA) is 108 Å². The summed E-state index contributed by atoms with van der Waals surface area (Å²) in [4.78, 5) is 11.7. The molecule has 2 aromatic rings. The Morgan fingerprint density at radius 3 is 2.71 bits per heavy atom. The number of benzene rings is 2. The van der Waals surface area contributed by atoms with E-state index in [1.165, 1.54) is 24.3 Å². The first-order chi connectivity index (χ1) is 11.4. The van der Waals surface area contributed by atoms with E-state index in [9.17, 15) is 13.2 Å². The van der Waals surface area contributed by atoms with Crippen LogP contribution in [-0.2, 0) is 14.8 Å². The minimum absolute atomic E-state index is 0.0312. The van der Waals surface area contributed by atoms with Crippen molar-refractivity contribution in [2.24, 2.45) is 0 Å². The van der Waals surface area contributed by atoms with Gasteiger partial charge in [0.05, 0.1) is 11.3 Å². The molecule has 0 saturated heterocycles. The Kier molecular flexibility index (Phi) is 3.87. The zero-order chi connectivity index (χ0) is 17.3. The number of nitriles is 1. The molecule has 0 saturated carbocycles. The second kappa shape index (κ2) is 5.86. The molecule has 2 N–H and O–H groups in total. The van der Waals surface area contributed by atoms with Gasteiger partial charge in [0, 0.05) is 0 Å². The highest BCUT2D eigenvalue weighted by atomic mass is 32.2. The first-order valence-corrected chi connectivity index (χ1v) is 8.53. The van der Waals surface area contributed by atoms with E-state index in [0.29, 0.717) is 5.75 Å². The van der Waals surface area contributed by atoms with Gasteiger partial charge in [-0.1, -0.05) is 18.2 Å². The molecular weight excluding hydrogens is 330 g/mol. The summed E-state index contributed by atoms with van der Waals surface area (Å²) < 4.78 is 33.0. The van der Waals surface area contributed by atoms with Gasteiger partial charge in [-0.05, 0) is 31.2 Å². The van der Waals surface area contributed by atoms with Crippen LogP contribution >= 0.6 is 0 Å². The van der Waals surface area contributed by atoms with Crippen LogP contribution in [0, 0.1) is 11.3 Å². The molecule has 0 fully saturated rings. The van der Waals surface area contributed by atoms with E-state index in [2.05, 4.69) is 10.0 Å². The van der Waals surface area contributed by atoms with Crippen molar-refractivity contribution in [1.82, 2.24) is 0 Å². The smallest absolute Gasteiger partial charge is 0.265 e. The fourth-order valence-corrected chi connectivity index (χ4v) is 3.54. The Labute approximate surface area is 138 Å². The van der Waals surface area contributed by atoms with Gasteiger partial charge in [-0.15, -0.1) is 0 Å². The van der Waals surface area contributed by atoms with Crippen LogP contribution in [0.1, 0.15) is 12.5 Å². The molecular formula is C16H13N3O4S. The fraction of sp³-hybridized carbons (Fsp3) is 0.125. The van der Waals surface area contributed by atoms with Gasteiger partial charge in [0.1, 0.15) is 22.4 Å². The maximum atomic E-state index is 12.6. The van der Waals surface area contributed by atoms with E-state index in [1.807, 2.05) is 6.07 Å². The lowest BCUT2D eigenvalue weighted by Gasteiger charge is -2.25. The molecule has 24 heavy (non-hydrogen) atoms. The number of fused-ring (bicyclic) bond motifs is 1. The van der Waals surface area contributed by atoms with Crippen molar-refractivity contribution >= 4 is 27.3 Å². The summed E-state index contributed by atoms with van der Waals surface area (Å²) in [6.45, 7) is 1.60. The number of nitrogens with one attached hydrogen (secondary N) is 2. The van der Waals surface area contributed by atoms with Gasteiger partial charge in [0.25, 0.3) is 15.9 Å². The minimum atomic E-state index is -4.00. The van der Waals surface area contributed by atoms with Gasteiger partial charge in [-0.2, -0.15) is 5.26 Å². The number of ether oxygens (including phenoxy) is 1. The number of nitrogens with zero attached hydrogens (tertiary/aromatic N) is 1. The summed E-state index contributed by atoms with van der Waals surface area (Å²) in [5.74, 6) is 0.00226. The molecule has 1 heterocycles. The second-order valence-corrected chi connectivity index (χ2v) is 6.79. The molecule has 7 nitrogen and oxygen atoms in total. The van der Waals surface area contributed by atoms with Crippen LogP contribution < -0.4 is 14.8 Å². The summed E-state index contributed by atoms with van der Waals surface area (Å²) in [7, 11) is -4.00. The molecule has 2 aromatic carbocycles. The number of carbonyl (C=O) groups is 1. The third-order valence-corrected chi connectivity index (χ3v) is 4.91. The lowest BCUT2D eigenvalue weighted by Crippen LogP contribution is -2.34. The van der Waals surface area contributed by atoms with Crippen molar-refractivity contribution in [3.63, 3.8) is 0 Å². The highest BCUT2D eigenvalue weighted by Gasteiger charge is 2.27. The number of carbonyl (C=O) groups excluding carboxylic acids is 1. The number of sulfonamides is 1. The molecule has 1 aliphatic rings. The maximum Gasteiger partial charge on any atom is 0.265 e. The van der Waals surface area contributed by atoms with Crippen LogP contribution in [0.15, 0.2) is 47.4 Å². The van der Waals surface area contributed by atoms with E-state index in [4.69, 9.17) is 10.00 Å². The van der Waals surface area contributed by atoms with Crippen molar-refractivity contribution in [2.45, 2.75) is 17.9 Å². The van der Waals surface area contributed by atoms with Crippen LogP contribution in [0.5, 0.6) is 5.75 Å². The Morgan fingerprint density at radius 2 is 1.96 bits per heavy atom. The minimum Gasteiger partial charge on any atom is -0.479 e. The number of hydrogen-bond acceptors (Lipinski definition) is 5. The summed E-state index contributed by atoms with van der Waals surface area (Å²) in [6, 6.07) is 12.5. The SMILES string of the molecule is CC1Oc2cccc(NS(=O)(=O)c3ccccc3C#N)c2NC1=O. The predicted molar refractivity (Wildman–Crippen MR) is 87.1 cm³/mol. The monoisotopic (exact) mass is 343 g/mol. The lowest BCUT2D eigenvalue weighted by atomic mass is 10.2. The van der Waals surface area contributed by atoms with Gasteiger partial charge in [0.2, 0.25) is 0 Å². The van der Waals surface area contributed by atoms with Crippen LogP contribution in [-0.4, -0.2) is 20.4 Å². The second-order valence-electron chi connectivity index (χ2n) is 5.14. The van der Waals surface area contributed by atoms with Gasteiger partial charge in [-0.3, -0.25) is 9.52 Å². The van der Waals surface area contributed by atoms with Crippen LogP contribution in [0.2, 0.25) is 0 Å². The largest absolute Gasteiger partial charge is 0.479 e. The zero-order valence-electron chi connectivity index (χ0n) is 12.6. The van der Waals surface area contributed by atoms with E-state index in [1.54, 1.807) is 25.1 Å². The molecule has 1 unspecified atom stereocenters. The van der Waals surface area contributed by atoms with Crippen molar-refractivity contribution in [3.8, 4) is 11.8 Å². The molecule has 1 aliphatic heterocycles. The van der Waals surface area contributed by atoms with E-state index < -0.39 is 16.1 Å². The molecule has 1 amide bonds. The van der Waals surface area contributed by atoms with Crippen molar-refractivity contribution in [3.05, 3.63) is 48.0 Å². The van der Waals surface area contributed by atoms with Gasteiger partial charge < -0.3 is 10.1 Å². The molecule has 8 heteroatoms. The quantitative estimate of drug-likeness (QED) is 0.887. The molecule has 0 spiro atoms. The van der Waals surface area contributed by atoms with Crippen molar-refractivity contribution in [2.75, 3.05) is 10.0 Å². The number of rotatable bonds is 3. The molecule has 1 atom stereocenters. The van der Waals surface area contributed by atoms with Crippen LogP contribution in [0.4, 0.5) is 11.4 Å². The Bertz CT molecular complexity index is 964. The standard InChI is InChI=1S/C16H13N3O4S/c1-10-16(20)18-15-12(6-4-7-13(15)23-10)19-24(21,22)14-8-3-2-5-11(14)9-17/h2-8,10,19H,1H3,(H,18,20). The molecule has 0 aliphatic carbocycles. The maximum absolute atomic E-state index is 12.6. The molecule has 0 radical (unpaired) electrons. The highest BCUT2D eigenvalue weighted by molar-refractivity contribution is 7.92. The van der Waals surface area contributed by atoms with Gasteiger partial charge >= 0.3 is 0 Å². The van der Waals surface area contributed by atoms with Crippen LogP contribution in [0.3, 0.4) is 0 Å². The number of para-hydroxylation sites is 1. The third-order valence-electron chi connectivity index (χ3n) is 3.49. The van der Waals surface area contributed by atoms with Gasteiger partial charge in [-0.25, -0.2) is 8.42 Å². The van der Waals surface area contributed by atoms with E-state index >= 15 is 0 Å². The summed E-state index contributed by atoms with van der Waals surface area (Å²) >= 11 is 0. The first kappa shape index (κ1) is 15.8. The number of hydrogen-bond donors (Lipinski definition) is 2. The summed E-state index contributed by atoms with van der Waals surface area (Å²) in [5, 5.41) is 11.7. The van der Waals surface area contributed by atoms with Crippen molar-refractivity contribution in [1.29, 1.82) is 5.26 Å². The molecule has 122 valence electrons. The molecule has 3 rings (SSSR count). The number of amides is 1. The lowest BCUT2D eigenvalue weighted by molar-refractivity contribution is -0.122. The van der Waals surface area contributed by atoms with Crippen molar-refractivity contribution < 1.29 is 17.9 Å². The predicted octanol–water partition coefficient (Wildman–Crippen LogP) is 2.08. The Balaban J connectivity index is 2.02. The summed E-state index contributed by atoms with van der Waals surface area (Å²) in [6.07, 6.45) is -0.663. The van der Waals surface area contributed by atoms with Crippen LogP contribution in [0.25, 0.3) is 0 Å². The number of anilines is 2. The van der Waals surface area contributed by atoms with E-state index in [-0.39, 0.29) is 27.7 Å². The highest BCUT2D eigenvalue weighted by Crippen LogP contribution is 2.37. The third kappa shape index (κ3) is 2.77. The van der Waals surface area contributed by atoms with E-state index in [0.717, 1.165) is 0 Å². The average Bonchev–Trinajstić information content (AvgIpc) is 2.56. The fourth-order valence-electron chi connectivity index (χ4n) is 2.31. The Hall–Kier alpha value is -3.05. The summed E-state index contributed by atoms with van der Waals surface area (Å²) in [5.41, 5.74) is 0.447. The normalized spacial score (nSPS) is 16.3. The average molecular weight is 343 g/mol.